The van der Waals surface area contributed by atoms with Gasteiger partial charge < -0.3 is 23.3 Å². The Kier molecular flexibility index (Phi) is 8.64. The Morgan fingerprint density at radius 2 is 1.52 bits per heavy atom. The smallest absolute Gasteiger partial charge is 0.494 e. The van der Waals surface area contributed by atoms with E-state index in [9.17, 15) is 18.5 Å². The van der Waals surface area contributed by atoms with Crippen molar-refractivity contribution in [2.24, 2.45) is 4.99 Å². The van der Waals surface area contributed by atoms with Gasteiger partial charge in [-0.3, -0.25) is 0 Å². The van der Waals surface area contributed by atoms with Crippen molar-refractivity contribution in [1.29, 1.82) is 0 Å². The van der Waals surface area contributed by atoms with Gasteiger partial charge in [0.2, 0.25) is 0 Å². The van der Waals surface area contributed by atoms with Crippen molar-refractivity contribution in [3.8, 4) is 0 Å². The summed E-state index contributed by atoms with van der Waals surface area (Å²) < 4.78 is 67.2. The monoisotopic (exact) mass is 585 g/mol. The molecule has 0 N–H and O–H groups in total. The van der Waals surface area contributed by atoms with Crippen LogP contribution in [0.15, 0.2) is 17.1 Å². The number of aliphatic imine (C=N–C) groups is 1. The third-order valence-corrected chi connectivity index (χ3v) is 7.85. The quantitative estimate of drug-likeness (QED) is 0.370. The van der Waals surface area contributed by atoms with E-state index in [1.54, 1.807) is 41.5 Å². The van der Waals surface area contributed by atoms with Crippen molar-refractivity contribution in [2.75, 3.05) is 12.8 Å². The fourth-order valence-electron chi connectivity index (χ4n) is 3.80. The van der Waals surface area contributed by atoms with Gasteiger partial charge in [-0.2, -0.15) is 4.31 Å². The Morgan fingerprint density at radius 3 is 1.98 bits per heavy atom. The number of hydrogen-bond acceptors (Lipinski definition) is 9. The highest BCUT2D eigenvalue weighted by Crippen LogP contribution is 2.37. The standard InChI is InChI=1S/C26H38BF2N3O7S/c1-23(2,3)36-21(33)32(22(34)37-24(4,5)6)20-30-18(14-40(35)31(20)11)16-12-15(13-17(28)19(16)29)27-38-25(7,8)26(9,10)39-27/h12-13,18H,14H2,1-11H3/t18-,40?/m0/s1. The molecule has 2 heterocycles. The van der Waals surface area contributed by atoms with Crippen molar-refractivity contribution >= 4 is 42.1 Å². The number of nitrogens with zero attached hydrogens (tertiary/aromatic N) is 3. The molecule has 40 heavy (non-hydrogen) atoms. The van der Waals surface area contributed by atoms with E-state index < -0.39 is 76.7 Å². The minimum Gasteiger partial charge on any atom is -0.593 e. The summed E-state index contributed by atoms with van der Waals surface area (Å²) in [7, 11) is 0.351. The van der Waals surface area contributed by atoms with E-state index >= 15 is 4.39 Å². The van der Waals surface area contributed by atoms with Crippen molar-refractivity contribution in [1.82, 2.24) is 9.21 Å². The lowest BCUT2D eigenvalue weighted by atomic mass is 9.77. The Balaban J connectivity index is 2.11. The van der Waals surface area contributed by atoms with Gasteiger partial charge in [-0.1, -0.05) is 6.07 Å². The number of guanidine groups is 1. The molecular weight excluding hydrogens is 547 g/mol. The molecule has 1 unspecified atom stereocenters. The van der Waals surface area contributed by atoms with Gasteiger partial charge in [-0.25, -0.2) is 23.4 Å². The molecule has 1 aromatic carbocycles. The molecule has 3 rings (SSSR count). The third-order valence-electron chi connectivity index (χ3n) is 6.47. The van der Waals surface area contributed by atoms with Crippen LogP contribution >= 0.6 is 0 Å². The molecule has 2 aliphatic heterocycles. The minimum atomic E-state index is -1.90. The summed E-state index contributed by atoms with van der Waals surface area (Å²) in [6.07, 6.45) is -2.27. The number of benzene rings is 1. The normalized spacial score (nSPS) is 22.6. The van der Waals surface area contributed by atoms with Crippen LogP contribution in [0.1, 0.15) is 80.8 Å². The summed E-state index contributed by atoms with van der Waals surface area (Å²) >= 11 is -1.90. The zero-order chi connectivity index (χ0) is 30.6. The molecule has 0 aliphatic carbocycles. The average Bonchev–Trinajstić information content (AvgIpc) is 2.97. The van der Waals surface area contributed by atoms with Gasteiger partial charge >= 0.3 is 19.3 Å². The average molecular weight is 585 g/mol. The van der Waals surface area contributed by atoms with Crippen LogP contribution in [-0.4, -0.2) is 74.2 Å². The molecule has 2 atom stereocenters. The molecule has 2 amide bonds. The number of carbonyl (C=O) groups excluding carboxylic acids is 2. The lowest BCUT2D eigenvalue weighted by Gasteiger charge is -2.35. The van der Waals surface area contributed by atoms with Crippen LogP contribution in [0.25, 0.3) is 0 Å². The van der Waals surface area contributed by atoms with E-state index in [0.717, 1.165) is 10.4 Å². The van der Waals surface area contributed by atoms with Crippen molar-refractivity contribution in [2.45, 2.75) is 97.7 Å². The van der Waals surface area contributed by atoms with Crippen LogP contribution in [-0.2, 0) is 30.1 Å². The lowest BCUT2D eigenvalue weighted by molar-refractivity contribution is 0.00578. The second-order valence-electron chi connectivity index (χ2n) is 12.7. The van der Waals surface area contributed by atoms with Crippen molar-refractivity contribution < 1.29 is 41.7 Å². The number of imide groups is 1. The predicted octanol–water partition coefficient (Wildman–Crippen LogP) is 4.44. The number of ether oxygens (including phenoxy) is 2. The molecule has 10 nitrogen and oxygen atoms in total. The van der Waals surface area contributed by atoms with Crippen LogP contribution in [0.5, 0.6) is 0 Å². The predicted molar refractivity (Wildman–Crippen MR) is 147 cm³/mol. The van der Waals surface area contributed by atoms with Gasteiger partial charge in [-0.15, -0.1) is 4.90 Å². The van der Waals surface area contributed by atoms with Crippen molar-refractivity contribution in [3.63, 3.8) is 0 Å². The highest BCUT2D eigenvalue weighted by Gasteiger charge is 2.52. The summed E-state index contributed by atoms with van der Waals surface area (Å²) in [6, 6.07) is 1.07. The maximum absolute atomic E-state index is 15.2. The minimum absolute atomic E-state index is 0.199. The van der Waals surface area contributed by atoms with Gasteiger partial charge in [0.1, 0.15) is 17.2 Å². The molecule has 222 valence electrons. The van der Waals surface area contributed by atoms with Crippen LogP contribution < -0.4 is 5.46 Å². The van der Waals surface area contributed by atoms with E-state index in [1.165, 1.54) is 13.1 Å². The maximum atomic E-state index is 15.2. The molecule has 1 aromatic rings. The van der Waals surface area contributed by atoms with E-state index in [-0.39, 0.29) is 16.8 Å². The molecular formula is C26H38BF2N3O7S. The van der Waals surface area contributed by atoms with E-state index in [0.29, 0.717) is 4.90 Å². The first-order valence-electron chi connectivity index (χ1n) is 12.8. The van der Waals surface area contributed by atoms with Gasteiger partial charge in [-0.05, 0) is 80.8 Å². The van der Waals surface area contributed by atoms with Crippen LogP contribution in [0.3, 0.4) is 0 Å². The topological polar surface area (TPSA) is 113 Å². The number of hydrogen-bond donors (Lipinski definition) is 0. The van der Waals surface area contributed by atoms with E-state index in [2.05, 4.69) is 4.99 Å². The van der Waals surface area contributed by atoms with Crippen LogP contribution in [0.2, 0.25) is 0 Å². The Labute approximate surface area is 237 Å². The largest absolute Gasteiger partial charge is 0.593 e. The zero-order valence-corrected chi connectivity index (χ0v) is 25.7. The first-order chi connectivity index (χ1) is 18.0. The first-order valence-corrected chi connectivity index (χ1v) is 14.1. The van der Waals surface area contributed by atoms with E-state index in [4.69, 9.17) is 18.8 Å². The summed E-state index contributed by atoms with van der Waals surface area (Å²) in [5.41, 5.74) is -3.51. The molecule has 0 bridgehead atoms. The van der Waals surface area contributed by atoms with Gasteiger partial charge in [0.05, 0.1) is 29.6 Å². The molecule has 14 heteroatoms. The highest BCUT2D eigenvalue weighted by molar-refractivity contribution is 7.89. The van der Waals surface area contributed by atoms with Gasteiger partial charge in [0.25, 0.3) is 5.96 Å². The molecule has 1 saturated heterocycles. The SMILES string of the molecule is CN1C(N(C(=O)OC(C)(C)C)C(=O)OC(C)(C)C)=N[C@H](c2cc(B3OC(C)(C)C(C)(C)O3)cc(F)c2F)C[S+]1[O-]. The number of carbonyl (C=O) groups is 2. The molecule has 0 radical (unpaired) electrons. The van der Waals surface area contributed by atoms with Crippen LogP contribution in [0, 0.1) is 11.6 Å². The molecule has 0 aromatic heterocycles. The fourth-order valence-corrected chi connectivity index (χ4v) is 4.86. The second-order valence-corrected chi connectivity index (χ2v) is 14.2. The second kappa shape index (κ2) is 10.8. The summed E-state index contributed by atoms with van der Waals surface area (Å²) in [5.74, 6) is -3.05. The summed E-state index contributed by atoms with van der Waals surface area (Å²) in [4.78, 5) is 31.3. The molecule has 0 spiro atoms. The maximum Gasteiger partial charge on any atom is 0.494 e. The third kappa shape index (κ3) is 6.89. The number of halogens is 2. The Bertz CT molecular complexity index is 1160. The number of amides is 2. The lowest BCUT2D eigenvalue weighted by Crippen LogP contribution is -2.55. The number of rotatable bonds is 2. The molecule has 0 saturated carbocycles. The van der Waals surface area contributed by atoms with E-state index in [1.807, 2.05) is 27.7 Å². The Hall–Kier alpha value is -2.42. The summed E-state index contributed by atoms with van der Waals surface area (Å²) in [5, 5.41) is 0. The van der Waals surface area contributed by atoms with Crippen LogP contribution in [0.4, 0.5) is 18.4 Å². The molecule has 1 fully saturated rings. The van der Waals surface area contributed by atoms with Gasteiger partial charge in [0, 0.05) is 5.56 Å². The zero-order valence-electron chi connectivity index (χ0n) is 24.9. The Morgan fingerprint density at radius 1 is 1.05 bits per heavy atom. The molecule has 2 aliphatic rings. The summed E-state index contributed by atoms with van der Waals surface area (Å²) in [6.45, 7) is 16.9. The fraction of sp³-hybridized carbons (Fsp3) is 0.654. The van der Waals surface area contributed by atoms with Gasteiger partial charge in [0.15, 0.2) is 17.4 Å². The highest BCUT2D eigenvalue weighted by atomic mass is 32.2. The first kappa shape index (κ1) is 32.1. The van der Waals surface area contributed by atoms with Crippen molar-refractivity contribution in [3.05, 3.63) is 29.3 Å².